The van der Waals surface area contributed by atoms with Crippen molar-refractivity contribution in [2.75, 3.05) is 33.7 Å². The van der Waals surface area contributed by atoms with Crippen LogP contribution in [0.15, 0.2) is 53.8 Å². The largest absolute Gasteiger partial charge is 0.493 e. The van der Waals surface area contributed by atoms with Crippen molar-refractivity contribution in [3.8, 4) is 17.2 Å². The predicted molar refractivity (Wildman–Crippen MR) is 122 cm³/mol. The standard InChI is InChI=1S/C23H26FN3O4S/c1-15(16-5-10-20(21(13-16)30-3)31-12-11-29-2)26-22(28)19-14-25-23(32-4)27(19)18-8-6-17(24)7-9-18/h5-10,13-15H,11-12H2,1-4H3,(H,26,28). The van der Waals surface area contributed by atoms with Gasteiger partial charge in [0.25, 0.3) is 5.91 Å². The number of carbonyl (C=O) groups is 1. The molecule has 1 unspecified atom stereocenters. The van der Waals surface area contributed by atoms with Gasteiger partial charge in [0.15, 0.2) is 16.7 Å². The summed E-state index contributed by atoms with van der Waals surface area (Å²) in [7, 11) is 3.18. The number of nitrogens with one attached hydrogen (secondary N) is 1. The van der Waals surface area contributed by atoms with Gasteiger partial charge in [-0.3, -0.25) is 9.36 Å². The highest BCUT2D eigenvalue weighted by atomic mass is 32.2. The van der Waals surface area contributed by atoms with E-state index in [2.05, 4.69) is 10.3 Å². The van der Waals surface area contributed by atoms with E-state index in [1.165, 1.54) is 30.1 Å². The number of methoxy groups -OCH3 is 2. The van der Waals surface area contributed by atoms with Crippen LogP contribution in [0, 0.1) is 5.82 Å². The van der Waals surface area contributed by atoms with Crippen molar-refractivity contribution in [3.05, 3.63) is 65.7 Å². The van der Waals surface area contributed by atoms with Gasteiger partial charge in [0.2, 0.25) is 0 Å². The first-order valence-corrected chi connectivity index (χ1v) is 11.2. The maximum atomic E-state index is 13.4. The fourth-order valence-corrected chi connectivity index (χ4v) is 3.68. The summed E-state index contributed by atoms with van der Waals surface area (Å²) in [6.07, 6.45) is 3.39. The number of rotatable bonds is 10. The van der Waals surface area contributed by atoms with Crippen LogP contribution < -0.4 is 14.8 Å². The third kappa shape index (κ3) is 5.41. The molecule has 9 heteroatoms. The Morgan fingerprint density at radius 1 is 1.16 bits per heavy atom. The Bertz CT molecular complexity index is 1060. The van der Waals surface area contributed by atoms with E-state index in [1.54, 1.807) is 37.0 Å². The van der Waals surface area contributed by atoms with E-state index in [-0.39, 0.29) is 17.8 Å². The normalized spacial score (nSPS) is 11.8. The zero-order valence-electron chi connectivity index (χ0n) is 18.4. The fourth-order valence-electron chi connectivity index (χ4n) is 3.14. The number of aromatic nitrogens is 2. The summed E-state index contributed by atoms with van der Waals surface area (Å²) in [5, 5.41) is 3.63. The smallest absolute Gasteiger partial charge is 0.270 e. The maximum Gasteiger partial charge on any atom is 0.270 e. The van der Waals surface area contributed by atoms with Crippen LogP contribution >= 0.6 is 11.8 Å². The second kappa shape index (κ2) is 11.0. The molecule has 7 nitrogen and oxygen atoms in total. The minimum atomic E-state index is -0.345. The van der Waals surface area contributed by atoms with Crippen LogP contribution in [-0.2, 0) is 4.74 Å². The molecular formula is C23H26FN3O4S. The molecule has 1 atom stereocenters. The van der Waals surface area contributed by atoms with Gasteiger partial charge in [0, 0.05) is 12.8 Å². The quantitative estimate of drug-likeness (QED) is 0.361. The van der Waals surface area contributed by atoms with Gasteiger partial charge >= 0.3 is 0 Å². The number of thioether (sulfide) groups is 1. The lowest BCUT2D eigenvalue weighted by molar-refractivity contribution is 0.0932. The third-order valence-electron chi connectivity index (χ3n) is 4.81. The number of hydrogen-bond donors (Lipinski definition) is 1. The lowest BCUT2D eigenvalue weighted by Crippen LogP contribution is -2.28. The summed E-state index contributed by atoms with van der Waals surface area (Å²) in [6, 6.07) is 11.1. The third-order valence-corrected chi connectivity index (χ3v) is 5.46. The molecule has 0 radical (unpaired) electrons. The molecule has 0 fully saturated rings. The van der Waals surface area contributed by atoms with Crippen LogP contribution in [0.2, 0.25) is 0 Å². The molecule has 0 aliphatic rings. The van der Waals surface area contributed by atoms with Gasteiger partial charge in [-0.2, -0.15) is 0 Å². The van der Waals surface area contributed by atoms with Gasteiger partial charge in [-0.25, -0.2) is 9.37 Å². The van der Waals surface area contributed by atoms with Crippen LogP contribution in [0.4, 0.5) is 4.39 Å². The summed E-state index contributed by atoms with van der Waals surface area (Å²) < 4.78 is 31.2. The molecule has 0 bridgehead atoms. The summed E-state index contributed by atoms with van der Waals surface area (Å²) >= 11 is 1.40. The zero-order valence-corrected chi connectivity index (χ0v) is 19.2. The Morgan fingerprint density at radius 2 is 1.91 bits per heavy atom. The van der Waals surface area contributed by atoms with Gasteiger partial charge in [-0.1, -0.05) is 17.8 Å². The number of hydrogen-bond acceptors (Lipinski definition) is 6. The molecule has 32 heavy (non-hydrogen) atoms. The first-order chi connectivity index (χ1) is 15.5. The lowest BCUT2D eigenvalue weighted by atomic mass is 10.1. The summed E-state index contributed by atoms with van der Waals surface area (Å²) in [5.41, 5.74) is 1.87. The van der Waals surface area contributed by atoms with E-state index in [1.807, 2.05) is 25.3 Å². The van der Waals surface area contributed by atoms with Crippen LogP contribution in [0.25, 0.3) is 5.69 Å². The van der Waals surface area contributed by atoms with Gasteiger partial charge in [-0.05, 0) is 55.1 Å². The summed E-state index contributed by atoms with van der Waals surface area (Å²) in [6.45, 7) is 2.76. The molecule has 1 heterocycles. The highest BCUT2D eigenvalue weighted by molar-refractivity contribution is 7.98. The molecule has 3 rings (SSSR count). The Morgan fingerprint density at radius 3 is 2.56 bits per heavy atom. The van der Waals surface area contributed by atoms with E-state index in [9.17, 15) is 9.18 Å². The van der Waals surface area contributed by atoms with Crippen molar-refractivity contribution in [2.45, 2.75) is 18.1 Å². The number of halogens is 1. The Kier molecular flexibility index (Phi) is 8.13. The van der Waals surface area contributed by atoms with Crippen LogP contribution in [0.3, 0.4) is 0 Å². The molecule has 1 aromatic heterocycles. The second-order valence-corrected chi connectivity index (χ2v) is 7.66. The molecule has 3 aromatic rings. The molecule has 0 spiro atoms. The first kappa shape index (κ1) is 23.6. The van der Waals surface area contributed by atoms with Crippen molar-refractivity contribution in [1.29, 1.82) is 0 Å². The lowest BCUT2D eigenvalue weighted by Gasteiger charge is -2.18. The van der Waals surface area contributed by atoms with E-state index in [4.69, 9.17) is 14.2 Å². The average molecular weight is 460 g/mol. The Balaban J connectivity index is 1.80. The molecule has 1 N–H and O–H groups in total. The molecule has 170 valence electrons. The van der Waals surface area contributed by atoms with Crippen molar-refractivity contribution in [1.82, 2.24) is 14.9 Å². The van der Waals surface area contributed by atoms with E-state index in [0.717, 1.165) is 5.56 Å². The number of benzene rings is 2. The number of amides is 1. The molecule has 0 saturated heterocycles. The Labute approximate surface area is 190 Å². The van der Waals surface area contributed by atoms with Gasteiger partial charge in [0.1, 0.15) is 18.1 Å². The van der Waals surface area contributed by atoms with Gasteiger partial charge in [0.05, 0.1) is 26.0 Å². The van der Waals surface area contributed by atoms with E-state index in [0.29, 0.717) is 41.3 Å². The minimum absolute atomic E-state index is 0.297. The van der Waals surface area contributed by atoms with Crippen molar-refractivity contribution >= 4 is 17.7 Å². The predicted octanol–water partition coefficient (Wildman–Crippen LogP) is 4.26. The van der Waals surface area contributed by atoms with Crippen LogP contribution in [0.1, 0.15) is 29.0 Å². The van der Waals surface area contributed by atoms with Crippen LogP contribution in [0.5, 0.6) is 11.5 Å². The maximum absolute atomic E-state index is 13.4. The average Bonchev–Trinajstić information content (AvgIpc) is 3.24. The fraction of sp³-hybridized carbons (Fsp3) is 0.304. The molecule has 0 aliphatic heterocycles. The summed E-state index contributed by atoms with van der Waals surface area (Å²) in [4.78, 5) is 17.4. The number of imidazole rings is 1. The second-order valence-electron chi connectivity index (χ2n) is 6.89. The highest BCUT2D eigenvalue weighted by Gasteiger charge is 2.20. The topological polar surface area (TPSA) is 74.6 Å². The number of nitrogens with zero attached hydrogens (tertiary/aromatic N) is 2. The molecule has 0 saturated carbocycles. The highest BCUT2D eigenvalue weighted by Crippen LogP contribution is 2.30. The van der Waals surface area contributed by atoms with Crippen LogP contribution in [-0.4, -0.2) is 49.1 Å². The zero-order chi connectivity index (χ0) is 23.1. The first-order valence-electron chi connectivity index (χ1n) is 9.96. The van der Waals surface area contributed by atoms with Crippen molar-refractivity contribution in [2.24, 2.45) is 0 Å². The summed E-state index contributed by atoms with van der Waals surface area (Å²) in [5.74, 6) is 0.531. The molecule has 2 aromatic carbocycles. The van der Waals surface area contributed by atoms with Gasteiger partial charge in [-0.15, -0.1) is 0 Å². The minimum Gasteiger partial charge on any atom is -0.493 e. The van der Waals surface area contributed by atoms with E-state index < -0.39 is 0 Å². The van der Waals surface area contributed by atoms with Crippen molar-refractivity contribution < 1.29 is 23.4 Å². The monoisotopic (exact) mass is 459 g/mol. The van der Waals surface area contributed by atoms with Gasteiger partial charge < -0.3 is 19.5 Å². The molecule has 1 amide bonds. The Hall–Kier alpha value is -3.04. The SMILES string of the molecule is COCCOc1ccc(C(C)NC(=O)c2cnc(SC)n2-c2ccc(F)cc2)cc1OC. The van der Waals surface area contributed by atoms with Crippen molar-refractivity contribution in [3.63, 3.8) is 0 Å². The molecule has 0 aliphatic carbocycles. The number of ether oxygens (including phenoxy) is 3. The van der Waals surface area contributed by atoms with E-state index >= 15 is 0 Å². The molecular weight excluding hydrogens is 433 g/mol. The number of carbonyl (C=O) groups excluding carboxylic acids is 1.